The van der Waals surface area contributed by atoms with Crippen molar-refractivity contribution < 1.29 is 0 Å². The van der Waals surface area contributed by atoms with Crippen molar-refractivity contribution in [2.24, 2.45) is 0 Å². The summed E-state index contributed by atoms with van der Waals surface area (Å²) in [6.45, 7) is 0. The fourth-order valence-corrected chi connectivity index (χ4v) is 14.3. The molecule has 2 nitrogen and oxygen atoms in total. The van der Waals surface area contributed by atoms with Crippen molar-refractivity contribution in [3.8, 4) is 22.5 Å². The van der Waals surface area contributed by atoms with Crippen LogP contribution < -0.4 is 20.7 Å². The van der Waals surface area contributed by atoms with Gasteiger partial charge in [-0.05, 0) is 56.6 Å². The third-order valence-electron chi connectivity index (χ3n) is 11.9. The zero-order chi connectivity index (χ0) is 37.8. The van der Waals surface area contributed by atoms with Gasteiger partial charge in [0.15, 0.2) is 8.07 Å². The first-order valence-electron chi connectivity index (χ1n) is 19.7. The summed E-state index contributed by atoms with van der Waals surface area (Å²) in [5.74, 6) is 0. The van der Waals surface area contributed by atoms with E-state index in [1.54, 1.807) is 0 Å². The minimum Gasteiger partial charge on any atom is -0.307 e. The van der Waals surface area contributed by atoms with E-state index in [1.165, 1.54) is 75.5 Å². The SMILES string of the molecule is c1ccc(-c2cccc3c4ccc([Si](c5ccccc5)(c5ccccc5)c5ccccc5)cc4n(-c4cccc5c6ccccc6n(-c6ccccc6)c45)c23)cc1. The topological polar surface area (TPSA) is 9.86 Å². The van der Waals surface area contributed by atoms with E-state index < -0.39 is 8.07 Å². The Kier molecular flexibility index (Phi) is 7.87. The number of hydrogen-bond acceptors (Lipinski definition) is 0. The molecule has 0 aliphatic carbocycles. The highest BCUT2D eigenvalue weighted by atomic mass is 28.3. The molecule has 0 N–H and O–H groups in total. The Balaban J connectivity index is 1.33. The first kappa shape index (κ1) is 33.2. The monoisotopic (exact) mass is 742 g/mol. The lowest BCUT2D eigenvalue weighted by atomic mass is 10.0. The van der Waals surface area contributed by atoms with Crippen molar-refractivity contribution in [3.05, 3.63) is 231 Å². The highest BCUT2D eigenvalue weighted by Crippen LogP contribution is 2.42. The van der Waals surface area contributed by atoms with Crippen molar-refractivity contribution in [2.75, 3.05) is 0 Å². The molecule has 0 unspecified atom stereocenters. The van der Waals surface area contributed by atoms with Crippen LogP contribution in [0.1, 0.15) is 0 Å². The molecule has 0 aliphatic rings. The smallest absolute Gasteiger partial charge is 0.179 e. The summed E-state index contributed by atoms with van der Waals surface area (Å²) >= 11 is 0. The van der Waals surface area contributed by atoms with Gasteiger partial charge in [0.2, 0.25) is 0 Å². The maximum atomic E-state index is 2.58. The van der Waals surface area contributed by atoms with Crippen LogP contribution in [-0.2, 0) is 0 Å². The Labute approximate surface area is 333 Å². The van der Waals surface area contributed by atoms with Gasteiger partial charge in [0, 0.05) is 32.8 Å². The number of benzene rings is 9. The molecule has 2 heterocycles. The van der Waals surface area contributed by atoms with Crippen LogP contribution in [0, 0.1) is 0 Å². The lowest BCUT2D eigenvalue weighted by molar-refractivity contribution is 1.13. The standard InChI is InChI=1S/C54H38N2Si/c1-6-20-39(21-7-1)45-31-18-32-48-47-37-36-44(57(41-24-10-3-11-25-41,42-26-12-4-13-27-42)43-28-14-5-15-29-43)38-52(47)56(53(45)48)51-35-19-33-49-46-30-16-17-34-50(46)55(54(49)51)40-22-8-2-9-23-40/h1-38H. The van der Waals surface area contributed by atoms with Gasteiger partial charge in [-0.3, -0.25) is 0 Å². The fourth-order valence-electron chi connectivity index (χ4n) is 9.49. The maximum absolute atomic E-state index is 2.83. The quantitative estimate of drug-likeness (QED) is 0.114. The Morgan fingerprint density at radius 1 is 0.298 bits per heavy atom. The van der Waals surface area contributed by atoms with Crippen LogP contribution in [0.2, 0.25) is 0 Å². The Hall–Kier alpha value is -7.20. The predicted molar refractivity (Wildman–Crippen MR) is 244 cm³/mol. The molecule has 0 saturated heterocycles. The van der Waals surface area contributed by atoms with Crippen LogP contribution in [0.4, 0.5) is 0 Å². The molecule has 268 valence electrons. The van der Waals surface area contributed by atoms with Gasteiger partial charge in [-0.25, -0.2) is 0 Å². The molecule has 0 amide bonds. The van der Waals surface area contributed by atoms with Crippen LogP contribution >= 0.6 is 0 Å². The summed E-state index contributed by atoms with van der Waals surface area (Å²) in [6, 6.07) is 85.3. The minimum absolute atomic E-state index is 1.14. The highest BCUT2D eigenvalue weighted by Gasteiger charge is 2.41. The Bertz CT molecular complexity index is 3110. The third kappa shape index (κ3) is 5.10. The molecule has 9 aromatic carbocycles. The van der Waals surface area contributed by atoms with E-state index in [4.69, 9.17) is 0 Å². The van der Waals surface area contributed by atoms with Crippen molar-refractivity contribution in [1.82, 2.24) is 9.13 Å². The normalized spacial score (nSPS) is 11.9. The number of para-hydroxylation sites is 4. The Morgan fingerprint density at radius 3 is 1.42 bits per heavy atom. The average Bonchev–Trinajstić information content (AvgIpc) is 3.81. The van der Waals surface area contributed by atoms with E-state index in [2.05, 4.69) is 240 Å². The van der Waals surface area contributed by atoms with Crippen LogP contribution in [-0.4, -0.2) is 17.2 Å². The summed E-state index contributed by atoms with van der Waals surface area (Å²) in [5, 5.41) is 10.4. The van der Waals surface area contributed by atoms with Gasteiger partial charge in [-0.1, -0.05) is 200 Å². The number of nitrogens with zero attached hydrogens (tertiary/aromatic N) is 2. The summed E-state index contributed by atoms with van der Waals surface area (Å²) in [5.41, 5.74) is 9.49. The number of rotatable bonds is 7. The summed E-state index contributed by atoms with van der Waals surface area (Å²) < 4.78 is 5.04. The molecule has 3 heteroatoms. The number of aromatic nitrogens is 2. The van der Waals surface area contributed by atoms with E-state index >= 15 is 0 Å². The van der Waals surface area contributed by atoms with Crippen molar-refractivity contribution >= 4 is 72.4 Å². The van der Waals surface area contributed by atoms with E-state index in [0.29, 0.717) is 0 Å². The van der Waals surface area contributed by atoms with Gasteiger partial charge in [-0.15, -0.1) is 0 Å². The molecule has 0 aliphatic heterocycles. The molecule has 0 bridgehead atoms. The fraction of sp³-hybridized carbons (Fsp3) is 0. The summed E-state index contributed by atoms with van der Waals surface area (Å²) in [6.07, 6.45) is 0. The van der Waals surface area contributed by atoms with Crippen molar-refractivity contribution in [2.45, 2.75) is 0 Å². The van der Waals surface area contributed by atoms with E-state index in [-0.39, 0.29) is 0 Å². The molecule has 57 heavy (non-hydrogen) atoms. The summed E-state index contributed by atoms with van der Waals surface area (Å²) in [7, 11) is -2.83. The second kappa shape index (κ2) is 13.5. The molecule has 0 radical (unpaired) electrons. The maximum Gasteiger partial charge on any atom is 0.179 e. The van der Waals surface area contributed by atoms with Crippen molar-refractivity contribution in [3.63, 3.8) is 0 Å². The molecule has 0 fully saturated rings. The van der Waals surface area contributed by atoms with E-state index in [9.17, 15) is 0 Å². The molecule has 11 rings (SSSR count). The number of hydrogen-bond donors (Lipinski definition) is 0. The molecule has 0 atom stereocenters. The van der Waals surface area contributed by atoms with Gasteiger partial charge >= 0.3 is 0 Å². The largest absolute Gasteiger partial charge is 0.307 e. The predicted octanol–water partition coefficient (Wildman–Crippen LogP) is 10.9. The molecular weight excluding hydrogens is 705 g/mol. The van der Waals surface area contributed by atoms with Gasteiger partial charge < -0.3 is 9.13 Å². The molecular formula is C54H38N2Si. The third-order valence-corrected chi connectivity index (χ3v) is 16.6. The van der Waals surface area contributed by atoms with Gasteiger partial charge in [0.25, 0.3) is 0 Å². The molecule has 2 aromatic heterocycles. The lowest BCUT2D eigenvalue weighted by Crippen LogP contribution is -2.74. The lowest BCUT2D eigenvalue weighted by Gasteiger charge is -2.34. The van der Waals surface area contributed by atoms with Crippen LogP contribution in [0.15, 0.2) is 231 Å². The zero-order valence-electron chi connectivity index (χ0n) is 31.3. The van der Waals surface area contributed by atoms with Crippen molar-refractivity contribution in [1.29, 1.82) is 0 Å². The molecule has 11 aromatic rings. The molecule has 0 saturated carbocycles. The molecule has 0 spiro atoms. The second-order valence-corrected chi connectivity index (χ2v) is 18.7. The van der Waals surface area contributed by atoms with Crippen LogP contribution in [0.5, 0.6) is 0 Å². The van der Waals surface area contributed by atoms with E-state index in [0.717, 1.165) is 11.4 Å². The summed E-state index contributed by atoms with van der Waals surface area (Å²) in [4.78, 5) is 0. The van der Waals surface area contributed by atoms with E-state index in [1.807, 2.05) is 0 Å². The van der Waals surface area contributed by atoms with Crippen LogP contribution in [0.3, 0.4) is 0 Å². The Morgan fingerprint density at radius 2 is 0.789 bits per heavy atom. The first-order chi connectivity index (χ1) is 28.3. The highest BCUT2D eigenvalue weighted by molar-refractivity contribution is 7.20. The zero-order valence-corrected chi connectivity index (χ0v) is 32.3. The van der Waals surface area contributed by atoms with Gasteiger partial charge in [-0.2, -0.15) is 0 Å². The average molecular weight is 743 g/mol. The number of fused-ring (bicyclic) bond motifs is 6. The van der Waals surface area contributed by atoms with Gasteiger partial charge in [0.05, 0.1) is 27.8 Å². The van der Waals surface area contributed by atoms with Gasteiger partial charge in [0.1, 0.15) is 0 Å². The first-order valence-corrected chi connectivity index (χ1v) is 21.7. The van der Waals surface area contributed by atoms with Crippen LogP contribution in [0.25, 0.3) is 66.1 Å². The minimum atomic E-state index is -2.83. The second-order valence-electron chi connectivity index (χ2n) is 14.8.